The van der Waals surface area contributed by atoms with Crippen LogP contribution in [0.5, 0.6) is 0 Å². The number of hydrogen-bond donors (Lipinski definition) is 2. The molecule has 0 radical (unpaired) electrons. The zero-order valence-electron chi connectivity index (χ0n) is 10.4. The zero-order valence-corrected chi connectivity index (χ0v) is 11.9. The van der Waals surface area contributed by atoms with E-state index in [4.69, 9.17) is 23.2 Å². The summed E-state index contributed by atoms with van der Waals surface area (Å²) in [5, 5.41) is 13.1. The zero-order chi connectivity index (χ0) is 13.8. The molecule has 2 aromatic rings. The predicted molar refractivity (Wildman–Crippen MR) is 76.8 cm³/mol. The first-order valence-electron chi connectivity index (χ1n) is 6.00. The molecule has 102 valence electrons. The van der Waals surface area contributed by atoms with E-state index in [0.29, 0.717) is 21.9 Å². The molecule has 2 rings (SSSR count). The van der Waals surface area contributed by atoms with E-state index < -0.39 is 0 Å². The van der Waals surface area contributed by atoms with Crippen molar-refractivity contribution in [1.82, 2.24) is 15.0 Å². The van der Waals surface area contributed by atoms with Crippen molar-refractivity contribution in [3.8, 4) is 0 Å². The molecule has 2 aromatic heterocycles. The molecule has 0 bridgehead atoms. The average molecular weight is 301 g/mol. The van der Waals surface area contributed by atoms with Gasteiger partial charge in [-0.1, -0.05) is 24.9 Å². The summed E-state index contributed by atoms with van der Waals surface area (Å²) in [5.74, 6) is 0.513. The minimum absolute atomic E-state index is 0.0184. The van der Waals surface area contributed by atoms with Crippen molar-refractivity contribution < 1.29 is 5.11 Å². The Kier molecular flexibility index (Phi) is 4.74. The second kappa shape index (κ2) is 6.32. The van der Waals surface area contributed by atoms with Crippen LogP contribution >= 0.6 is 23.2 Å². The minimum atomic E-state index is -0.0864. The van der Waals surface area contributed by atoms with Crippen LogP contribution in [0.25, 0.3) is 11.0 Å². The summed E-state index contributed by atoms with van der Waals surface area (Å²) in [6.07, 6.45) is 3.31. The number of hydrogen-bond acceptors (Lipinski definition) is 5. The summed E-state index contributed by atoms with van der Waals surface area (Å²) >= 11 is 11.8. The van der Waals surface area contributed by atoms with Gasteiger partial charge < -0.3 is 10.4 Å². The van der Waals surface area contributed by atoms with Gasteiger partial charge in [-0.2, -0.15) is 4.98 Å². The lowest BCUT2D eigenvalue weighted by Gasteiger charge is -2.16. The lowest BCUT2D eigenvalue weighted by atomic mass is 10.2. The Morgan fingerprint density at radius 1 is 1.37 bits per heavy atom. The lowest BCUT2D eigenvalue weighted by molar-refractivity contribution is 0.268. The number of aromatic nitrogens is 3. The molecule has 0 saturated heterocycles. The van der Waals surface area contributed by atoms with Crippen molar-refractivity contribution in [2.45, 2.75) is 25.8 Å². The Morgan fingerprint density at radius 3 is 2.84 bits per heavy atom. The molecule has 0 spiro atoms. The highest BCUT2D eigenvalue weighted by Gasteiger charge is 2.13. The van der Waals surface area contributed by atoms with E-state index in [2.05, 4.69) is 20.3 Å². The summed E-state index contributed by atoms with van der Waals surface area (Å²) < 4.78 is 0. The van der Waals surface area contributed by atoms with Gasteiger partial charge in [0.2, 0.25) is 5.28 Å². The molecular weight excluding hydrogens is 287 g/mol. The summed E-state index contributed by atoms with van der Waals surface area (Å²) in [4.78, 5) is 12.4. The van der Waals surface area contributed by atoms with Crippen LogP contribution in [-0.2, 0) is 0 Å². The van der Waals surface area contributed by atoms with Gasteiger partial charge in [-0.25, -0.2) is 9.97 Å². The van der Waals surface area contributed by atoms with Crippen molar-refractivity contribution in [3.63, 3.8) is 0 Å². The minimum Gasteiger partial charge on any atom is -0.394 e. The van der Waals surface area contributed by atoms with E-state index in [0.717, 1.165) is 12.8 Å². The predicted octanol–water partition coefficient (Wildman–Crippen LogP) is 2.90. The van der Waals surface area contributed by atoms with E-state index in [1.165, 1.54) is 6.20 Å². The number of aliphatic hydroxyl groups is 1. The van der Waals surface area contributed by atoms with E-state index in [-0.39, 0.29) is 17.9 Å². The van der Waals surface area contributed by atoms with Crippen LogP contribution in [0.1, 0.15) is 19.8 Å². The standard InChI is InChI=1S/C12H14Cl2N4O/c1-2-3-8(6-19)16-11-10-9(17-12(14)18-11)4-7(13)5-15-10/h4-5,8,19H,2-3,6H2,1H3,(H,16,17,18). The van der Waals surface area contributed by atoms with Gasteiger partial charge in [0, 0.05) is 6.20 Å². The van der Waals surface area contributed by atoms with Crippen molar-refractivity contribution in [2.75, 3.05) is 11.9 Å². The lowest BCUT2D eigenvalue weighted by Crippen LogP contribution is -2.24. The van der Waals surface area contributed by atoms with Crippen LogP contribution in [0.4, 0.5) is 5.82 Å². The van der Waals surface area contributed by atoms with Gasteiger partial charge in [-0.3, -0.25) is 0 Å². The van der Waals surface area contributed by atoms with Crippen LogP contribution < -0.4 is 5.32 Å². The third-order valence-electron chi connectivity index (χ3n) is 2.67. The van der Waals surface area contributed by atoms with Gasteiger partial charge in [0.05, 0.1) is 23.2 Å². The number of pyridine rings is 1. The van der Waals surface area contributed by atoms with Gasteiger partial charge in [-0.05, 0) is 24.1 Å². The SMILES string of the molecule is CCCC(CO)Nc1nc(Cl)nc2cc(Cl)cnc12. The number of aliphatic hydroxyl groups excluding tert-OH is 1. The topological polar surface area (TPSA) is 70.9 Å². The summed E-state index contributed by atoms with van der Waals surface area (Å²) in [5.41, 5.74) is 1.16. The fourth-order valence-corrected chi connectivity index (χ4v) is 2.15. The maximum absolute atomic E-state index is 9.32. The van der Waals surface area contributed by atoms with E-state index in [9.17, 15) is 5.11 Å². The molecule has 2 heterocycles. The first kappa shape index (κ1) is 14.2. The van der Waals surface area contributed by atoms with Crippen LogP contribution in [-0.4, -0.2) is 32.7 Å². The van der Waals surface area contributed by atoms with Crippen molar-refractivity contribution >= 4 is 40.1 Å². The van der Waals surface area contributed by atoms with Gasteiger partial charge >= 0.3 is 0 Å². The Balaban J connectivity index is 2.41. The molecule has 0 aromatic carbocycles. The Bertz CT molecular complexity index is 574. The molecule has 0 saturated carbocycles. The van der Waals surface area contributed by atoms with Crippen LogP contribution in [0.3, 0.4) is 0 Å². The number of anilines is 1. The van der Waals surface area contributed by atoms with Crippen molar-refractivity contribution in [2.24, 2.45) is 0 Å². The number of fused-ring (bicyclic) bond motifs is 1. The molecule has 0 aliphatic carbocycles. The molecule has 1 unspecified atom stereocenters. The largest absolute Gasteiger partial charge is 0.394 e. The quantitative estimate of drug-likeness (QED) is 0.831. The molecule has 19 heavy (non-hydrogen) atoms. The molecule has 0 amide bonds. The van der Waals surface area contributed by atoms with E-state index in [1.807, 2.05) is 6.92 Å². The first-order chi connectivity index (χ1) is 9.13. The maximum Gasteiger partial charge on any atom is 0.225 e. The number of halogens is 2. The fraction of sp³-hybridized carbons (Fsp3) is 0.417. The van der Waals surface area contributed by atoms with E-state index >= 15 is 0 Å². The maximum atomic E-state index is 9.32. The van der Waals surface area contributed by atoms with Crippen molar-refractivity contribution in [1.29, 1.82) is 0 Å². The van der Waals surface area contributed by atoms with E-state index in [1.54, 1.807) is 6.07 Å². The number of rotatable bonds is 5. The summed E-state index contributed by atoms with van der Waals surface area (Å²) in [6, 6.07) is 1.59. The Labute approximate surface area is 121 Å². The van der Waals surface area contributed by atoms with Crippen molar-refractivity contribution in [3.05, 3.63) is 22.6 Å². The van der Waals surface area contributed by atoms with Crippen LogP contribution in [0.2, 0.25) is 10.3 Å². The molecule has 5 nitrogen and oxygen atoms in total. The molecule has 0 fully saturated rings. The first-order valence-corrected chi connectivity index (χ1v) is 6.75. The number of nitrogens with zero attached hydrogens (tertiary/aromatic N) is 3. The third-order valence-corrected chi connectivity index (χ3v) is 3.05. The summed E-state index contributed by atoms with van der Waals surface area (Å²) in [7, 11) is 0. The average Bonchev–Trinajstić information content (AvgIpc) is 2.37. The Hall–Kier alpha value is -1.17. The highest BCUT2D eigenvalue weighted by molar-refractivity contribution is 6.31. The molecule has 0 aliphatic rings. The second-order valence-electron chi connectivity index (χ2n) is 4.18. The Morgan fingerprint density at radius 2 is 2.16 bits per heavy atom. The molecule has 0 aliphatic heterocycles. The molecule has 7 heteroatoms. The van der Waals surface area contributed by atoms with Crippen LogP contribution in [0.15, 0.2) is 12.3 Å². The summed E-state index contributed by atoms with van der Waals surface area (Å²) in [6.45, 7) is 2.07. The van der Waals surface area contributed by atoms with Gasteiger partial charge in [0.1, 0.15) is 5.52 Å². The highest BCUT2D eigenvalue weighted by Crippen LogP contribution is 2.23. The third kappa shape index (κ3) is 3.43. The highest BCUT2D eigenvalue weighted by atomic mass is 35.5. The van der Waals surface area contributed by atoms with Gasteiger partial charge in [-0.15, -0.1) is 0 Å². The number of nitrogens with one attached hydrogen (secondary N) is 1. The second-order valence-corrected chi connectivity index (χ2v) is 4.95. The molecule has 1 atom stereocenters. The normalized spacial score (nSPS) is 12.6. The fourth-order valence-electron chi connectivity index (χ4n) is 1.82. The van der Waals surface area contributed by atoms with Gasteiger partial charge in [0.15, 0.2) is 5.82 Å². The monoisotopic (exact) mass is 300 g/mol. The van der Waals surface area contributed by atoms with Gasteiger partial charge in [0.25, 0.3) is 0 Å². The smallest absolute Gasteiger partial charge is 0.225 e. The molecular formula is C12H14Cl2N4O. The molecule has 2 N–H and O–H groups in total. The van der Waals surface area contributed by atoms with Crippen LogP contribution in [0, 0.1) is 0 Å².